The van der Waals surface area contributed by atoms with Crippen LogP contribution in [0.25, 0.3) is 10.9 Å². The fourth-order valence-corrected chi connectivity index (χ4v) is 3.44. The number of hydrogen-bond acceptors (Lipinski definition) is 3. The van der Waals surface area contributed by atoms with Crippen LogP contribution in [0.1, 0.15) is 29.1 Å². The van der Waals surface area contributed by atoms with Crippen molar-refractivity contribution in [2.24, 2.45) is 7.05 Å². The molecule has 2 aromatic carbocycles. The Morgan fingerprint density at radius 1 is 1.23 bits per heavy atom. The van der Waals surface area contributed by atoms with Gasteiger partial charge in [-0.25, -0.2) is 0 Å². The molecule has 6 heteroatoms. The van der Waals surface area contributed by atoms with Crippen molar-refractivity contribution in [3.63, 3.8) is 0 Å². The lowest BCUT2D eigenvalue weighted by Crippen LogP contribution is -2.35. The number of phenols is 1. The van der Waals surface area contributed by atoms with Gasteiger partial charge in [0.15, 0.2) is 0 Å². The van der Waals surface area contributed by atoms with Gasteiger partial charge in [-0.15, -0.1) is 0 Å². The number of halogens is 1. The van der Waals surface area contributed by atoms with Crippen LogP contribution in [0.2, 0.25) is 5.02 Å². The van der Waals surface area contributed by atoms with Crippen LogP contribution < -0.4 is 0 Å². The molecule has 0 radical (unpaired) electrons. The number of rotatable bonds is 5. The molecule has 1 atom stereocenters. The highest BCUT2D eigenvalue weighted by Gasteiger charge is 2.22. The molecule has 26 heavy (non-hydrogen) atoms. The Labute approximate surface area is 157 Å². The Balaban J connectivity index is 1.87. The van der Waals surface area contributed by atoms with Gasteiger partial charge in [0.25, 0.3) is 5.91 Å². The van der Waals surface area contributed by atoms with E-state index in [0.717, 1.165) is 10.9 Å². The summed E-state index contributed by atoms with van der Waals surface area (Å²) < 4.78 is 1.78. The lowest BCUT2D eigenvalue weighted by Gasteiger charge is -2.24. The van der Waals surface area contributed by atoms with Gasteiger partial charge < -0.3 is 19.7 Å². The van der Waals surface area contributed by atoms with Crippen LogP contribution in [0.15, 0.2) is 48.5 Å². The Morgan fingerprint density at radius 3 is 2.62 bits per heavy atom. The summed E-state index contributed by atoms with van der Waals surface area (Å²) in [5.74, 6) is -0.0966. The Kier molecular flexibility index (Phi) is 5.20. The molecular formula is C20H21ClN2O3. The van der Waals surface area contributed by atoms with Gasteiger partial charge in [0.05, 0.1) is 23.2 Å². The summed E-state index contributed by atoms with van der Waals surface area (Å²) in [6.07, 6.45) is -0.885. The number of para-hydroxylation sites is 1. The number of aromatic nitrogens is 1. The summed E-state index contributed by atoms with van der Waals surface area (Å²) in [5, 5.41) is 21.5. The van der Waals surface area contributed by atoms with E-state index in [0.29, 0.717) is 22.8 Å². The molecule has 0 saturated carbocycles. The number of nitrogens with zero attached hydrogens (tertiary/aromatic N) is 2. The lowest BCUT2D eigenvalue weighted by atomic mass is 10.1. The highest BCUT2D eigenvalue weighted by atomic mass is 35.5. The van der Waals surface area contributed by atoms with E-state index in [9.17, 15) is 15.0 Å². The van der Waals surface area contributed by atoms with Crippen LogP contribution in [0.3, 0.4) is 0 Å². The third kappa shape index (κ3) is 3.41. The van der Waals surface area contributed by atoms with Gasteiger partial charge in [0.2, 0.25) is 0 Å². The second-order valence-electron chi connectivity index (χ2n) is 6.22. The summed E-state index contributed by atoms with van der Waals surface area (Å²) >= 11 is 6.26. The number of phenolic OH excluding ortho intramolecular Hbond substituents is 1. The SMILES string of the molecule is CCN(CC(O)c1cccc(O)c1)C(=O)c1cc2cccc(Cl)c2n1C. The van der Waals surface area contributed by atoms with Crippen LogP contribution in [-0.2, 0) is 7.05 Å². The molecule has 1 heterocycles. The molecular weight excluding hydrogens is 352 g/mol. The number of carbonyl (C=O) groups excluding carboxylic acids is 1. The number of carbonyl (C=O) groups is 1. The summed E-state index contributed by atoms with van der Waals surface area (Å²) in [4.78, 5) is 14.6. The molecule has 136 valence electrons. The van der Waals surface area contributed by atoms with Crippen LogP contribution >= 0.6 is 11.6 Å². The highest BCUT2D eigenvalue weighted by molar-refractivity contribution is 6.35. The monoisotopic (exact) mass is 372 g/mol. The molecule has 0 aliphatic carbocycles. The predicted molar refractivity (Wildman–Crippen MR) is 103 cm³/mol. The van der Waals surface area contributed by atoms with E-state index in [-0.39, 0.29) is 18.2 Å². The van der Waals surface area contributed by atoms with Crippen LogP contribution in [0, 0.1) is 0 Å². The lowest BCUT2D eigenvalue weighted by molar-refractivity contribution is 0.0626. The second kappa shape index (κ2) is 7.40. The topological polar surface area (TPSA) is 65.7 Å². The first-order valence-electron chi connectivity index (χ1n) is 8.42. The highest BCUT2D eigenvalue weighted by Crippen LogP contribution is 2.27. The molecule has 0 spiro atoms. The van der Waals surface area contributed by atoms with E-state index >= 15 is 0 Å². The first kappa shape index (κ1) is 18.3. The zero-order valence-electron chi connectivity index (χ0n) is 14.7. The number of aromatic hydroxyl groups is 1. The van der Waals surface area contributed by atoms with Crippen LogP contribution in [0.5, 0.6) is 5.75 Å². The van der Waals surface area contributed by atoms with E-state index in [1.165, 1.54) is 12.1 Å². The number of aliphatic hydroxyl groups excluding tert-OH is 1. The Bertz CT molecular complexity index is 951. The van der Waals surface area contributed by atoms with Gasteiger partial charge in [-0.1, -0.05) is 35.9 Å². The number of hydrogen-bond donors (Lipinski definition) is 2. The molecule has 3 rings (SSSR count). The fraction of sp³-hybridized carbons (Fsp3) is 0.250. The van der Waals surface area contributed by atoms with E-state index in [2.05, 4.69) is 0 Å². The van der Waals surface area contributed by atoms with Crippen molar-refractivity contribution in [2.45, 2.75) is 13.0 Å². The van der Waals surface area contributed by atoms with E-state index in [1.807, 2.05) is 25.1 Å². The summed E-state index contributed by atoms with van der Waals surface area (Å²) in [6, 6.07) is 13.8. The average molecular weight is 373 g/mol. The van der Waals surface area contributed by atoms with E-state index in [1.54, 1.807) is 34.7 Å². The van der Waals surface area contributed by atoms with Crippen molar-refractivity contribution in [3.8, 4) is 5.75 Å². The molecule has 0 aliphatic heterocycles. The predicted octanol–water partition coefficient (Wildman–Crippen LogP) is 3.73. The Morgan fingerprint density at radius 2 is 1.96 bits per heavy atom. The number of fused-ring (bicyclic) bond motifs is 1. The van der Waals surface area contributed by atoms with E-state index < -0.39 is 6.10 Å². The molecule has 1 unspecified atom stereocenters. The number of aryl methyl sites for hydroxylation is 1. The third-order valence-corrected chi connectivity index (χ3v) is 4.85. The molecule has 2 N–H and O–H groups in total. The molecule has 5 nitrogen and oxygen atoms in total. The van der Waals surface area contributed by atoms with Crippen molar-refractivity contribution < 1.29 is 15.0 Å². The van der Waals surface area contributed by atoms with Gasteiger partial charge in [-0.3, -0.25) is 4.79 Å². The first-order chi connectivity index (χ1) is 12.4. The minimum absolute atomic E-state index is 0.0826. The second-order valence-corrected chi connectivity index (χ2v) is 6.63. The van der Waals surface area contributed by atoms with E-state index in [4.69, 9.17) is 11.6 Å². The first-order valence-corrected chi connectivity index (χ1v) is 8.80. The minimum Gasteiger partial charge on any atom is -0.508 e. The van der Waals surface area contributed by atoms with Crippen molar-refractivity contribution >= 4 is 28.4 Å². The molecule has 1 aromatic heterocycles. The van der Waals surface area contributed by atoms with Crippen LogP contribution in [-0.4, -0.2) is 38.7 Å². The van der Waals surface area contributed by atoms with Crippen molar-refractivity contribution in [1.82, 2.24) is 9.47 Å². The van der Waals surface area contributed by atoms with Gasteiger partial charge in [-0.2, -0.15) is 0 Å². The summed E-state index contributed by atoms with van der Waals surface area (Å²) in [7, 11) is 1.81. The van der Waals surface area contributed by atoms with Gasteiger partial charge in [0, 0.05) is 19.0 Å². The average Bonchev–Trinajstić information content (AvgIpc) is 2.97. The molecule has 0 bridgehead atoms. The third-order valence-electron chi connectivity index (χ3n) is 4.54. The van der Waals surface area contributed by atoms with Gasteiger partial charge in [-0.05, 0) is 36.8 Å². The quantitative estimate of drug-likeness (QED) is 0.717. The maximum atomic E-state index is 13.0. The zero-order valence-corrected chi connectivity index (χ0v) is 15.4. The number of likely N-dealkylation sites (N-methyl/N-ethyl adjacent to an activating group) is 1. The maximum absolute atomic E-state index is 13.0. The van der Waals surface area contributed by atoms with Crippen molar-refractivity contribution in [3.05, 3.63) is 64.8 Å². The zero-order chi connectivity index (χ0) is 18.8. The largest absolute Gasteiger partial charge is 0.508 e. The molecule has 0 aliphatic rings. The molecule has 1 amide bonds. The number of benzene rings is 2. The van der Waals surface area contributed by atoms with Gasteiger partial charge >= 0.3 is 0 Å². The fourth-order valence-electron chi connectivity index (χ4n) is 3.14. The summed E-state index contributed by atoms with van der Waals surface area (Å²) in [6.45, 7) is 2.45. The molecule has 3 aromatic rings. The minimum atomic E-state index is -0.885. The van der Waals surface area contributed by atoms with Crippen molar-refractivity contribution in [1.29, 1.82) is 0 Å². The number of aliphatic hydroxyl groups is 1. The maximum Gasteiger partial charge on any atom is 0.270 e. The number of amides is 1. The molecule has 0 saturated heterocycles. The standard InChI is InChI=1S/C20H21ClN2O3/c1-3-23(12-18(25)13-6-4-8-15(24)10-13)20(26)17-11-14-7-5-9-16(21)19(14)22(17)2/h4-11,18,24-25H,3,12H2,1-2H3. The van der Waals surface area contributed by atoms with Crippen LogP contribution in [0.4, 0.5) is 0 Å². The summed E-state index contributed by atoms with van der Waals surface area (Å²) in [5.41, 5.74) is 1.89. The smallest absolute Gasteiger partial charge is 0.270 e. The normalized spacial score (nSPS) is 12.3. The molecule has 0 fully saturated rings. The van der Waals surface area contributed by atoms with Crippen molar-refractivity contribution in [2.75, 3.05) is 13.1 Å². The Hall–Kier alpha value is -2.50. The van der Waals surface area contributed by atoms with Gasteiger partial charge in [0.1, 0.15) is 11.4 Å².